The minimum Gasteiger partial charge on any atom is -0.445 e. The van der Waals surface area contributed by atoms with Crippen LogP contribution in [0, 0.1) is 0 Å². The van der Waals surface area contributed by atoms with Gasteiger partial charge in [-0.2, -0.15) is 0 Å². The molecule has 0 spiro atoms. The molecule has 88 valence electrons. The van der Waals surface area contributed by atoms with Crippen LogP contribution in [0.25, 0.3) is 0 Å². The lowest BCUT2D eigenvalue weighted by Crippen LogP contribution is -2.33. The molecule has 0 radical (unpaired) electrons. The molecule has 0 bridgehead atoms. The van der Waals surface area contributed by atoms with E-state index in [4.69, 9.17) is 0 Å². The largest absolute Gasteiger partial charge is 0.509 e. The molecule has 1 aromatic carbocycles. The molecule has 0 aliphatic rings. The summed E-state index contributed by atoms with van der Waals surface area (Å²) >= 11 is 0.898. The fraction of sp³-hybridized carbons (Fsp3) is 0.222. The molecule has 0 N–H and O–H groups in total. The molecule has 0 heterocycles. The average Bonchev–Trinajstić information content (AvgIpc) is 2.17. The Kier molecular flexibility index (Phi) is 3.90. The van der Waals surface area contributed by atoms with Crippen LogP contribution in [-0.2, 0) is 0 Å². The van der Waals surface area contributed by atoms with Gasteiger partial charge in [0.25, 0.3) is 5.24 Å². The Labute approximate surface area is 95.9 Å². The van der Waals surface area contributed by atoms with Gasteiger partial charge < -0.3 is 17.8 Å². The maximum atomic E-state index is 12.3. The van der Waals surface area contributed by atoms with E-state index in [-0.39, 0.29) is 5.24 Å². The first-order valence-corrected chi connectivity index (χ1v) is 5.31. The van der Waals surface area contributed by atoms with Gasteiger partial charge in [-0.05, 0) is 11.8 Å². The van der Waals surface area contributed by atoms with Crippen LogP contribution in [0.3, 0.4) is 0 Å². The van der Waals surface area contributed by atoms with Gasteiger partial charge in [-0.15, -0.1) is 5.46 Å². The lowest BCUT2D eigenvalue weighted by Gasteiger charge is -2.15. The van der Waals surface area contributed by atoms with Gasteiger partial charge in [-0.3, -0.25) is 4.79 Å². The Bertz CT molecular complexity index is 377. The van der Waals surface area contributed by atoms with E-state index in [1.165, 1.54) is 17.0 Å². The second-order valence-electron chi connectivity index (χ2n) is 3.41. The summed E-state index contributed by atoms with van der Waals surface area (Å²) in [4.78, 5) is 13.1. The number of hydrogen-bond donors (Lipinski definition) is 0. The maximum absolute atomic E-state index is 12.3. The second kappa shape index (κ2) is 4.82. The number of carbonyl (C=O) groups excluding carboxylic acids is 1. The van der Waals surface area contributed by atoms with Crippen LogP contribution in [0.2, 0.25) is 0 Å². The van der Waals surface area contributed by atoms with Crippen molar-refractivity contribution in [1.29, 1.82) is 0 Å². The Balaban J connectivity index is 2.76. The van der Waals surface area contributed by atoms with Crippen LogP contribution < -0.4 is 5.46 Å². The minimum absolute atomic E-state index is 0.217. The summed E-state index contributed by atoms with van der Waals surface area (Å²) in [5, 5.41) is -0.217. The molecule has 2 nitrogen and oxygen atoms in total. The molecule has 0 saturated heterocycles. The number of carbonyl (C=O) groups is 1. The number of thioether (sulfide) groups is 1. The van der Waals surface area contributed by atoms with Crippen LogP contribution >= 0.6 is 11.8 Å². The molecule has 0 saturated carbocycles. The van der Waals surface area contributed by atoms with Gasteiger partial charge in [0.15, 0.2) is 0 Å². The van der Waals surface area contributed by atoms with Crippen molar-refractivity contribution in [3.63, 3.8) is 0 Å². The molecule has 16 heavy (non-hydrogen) atoms. The highest BCUT2D eigenvalue weighted by atomic mass is 32.2. The van der Waals surface area contributed by atoms with Crippen LogP contribution in [0.5, 0.6) is 0 Å². The summed E-state index contributed by atoms with van der Waals surface area (Å²) in [6, 6.07) is 4.59. The summed E-state index contributed by atoms with van der Waals surface area (Å²) in [5.74, 6) is 0. The quantitative estimate of drug-likeness (QED) is 0.592. The highest BCUT2D eigenvalue weighted by Gasteiger charge is 2.25. The number of hydrogen-bond acceptors (Lipinski definition) is 2. The molecule has 0 fully saturated rings. The normalized spacial score (nSPS) is 11.3. The fourth-order valence-electron chi connectivity index (χ4n) is 0.946. The van der Waals surface area contributed by atoms with Crippen LogP contribution in [0.1, 0.15) is 0 Å². The molecule has 1 amide bonds. The fourth-order valence-corrected chi connectivity index (χ4v) is 1.60. The zero-order valence-corrected chi connectivity index (χ0v) is 9.60. The third kappa shape index (κ3) is 3.48. The van der Waals surface area contributed by atoms with E-state index in [1.54, 1.807) is 14.1 Å². The molecule has 0 aliphatic heterocycles. The van der Waals surface area contributed by atoms with Crippen molar-refractivity contribution in [3.8, 4) is 0 Å². The van der Waals surface area contributed by atoms with Crippen LogP contribution in [0.4, 0.5) is 17.7 Å². The smallest absolute Gasteiger partial charge is 0.445 e. The van der Waals surface area contributed by atoms with Crippen molar-refractivity contribution in [3.05, 3.63) is 24.3 Å². The monoisotopic (exact) mass is 248 g/mol. The van der Waals surface area contributed by atoms with Gasteiger partial charge in [0.2, 0.25) is 0 Å². The first-order chi connectivity index (χ1) is 7.30. The topological polar surface area (TPSA) is 20.3 Å². The molecule has 0 aliphatic carbocycles. The van der Waals surface area contributed by atoms with Gasteiger partial charge >= 0.3 is 6.98 Å². The average molecular weight is 248 g/mol. The second-order valence-corrected chi connectivity index (χ2v) is 4.43. The van der Waals surface area contributed by atoms with Crippen molar-refractivity contribution in [1.82, 2.24) is 4.90 Å². The zero-order valence-electron chi connectivity index (χ0n) is 8.78. The Morgan fingerprint density at radius 3 is 2.06 bits per heavy atom. The van der Waals surface area contributed by atoms with Crippen molar-refractivity contribution in [2.75, 3.05) is 14.1 Å². The van der Waals surface area contributed by atoms with E-state index < -0.39 is 12.4 Å². The molecular weight excluding hydrogens is 238 g/mol. The van der Waals surface area contributed by atoms with E-state index in [1.807, 2.05) is 0 Å². The maximum Gasteiger partial charge on any atom is 0.509 e. The third-order valence-electron chi connectivity index (χ3n) is 1.83. The number of halogens is 3. The molecule has 1 aromatic rings. The lowest BCUT2D eigenvalue weighted by molar-refractivity contribution is 0.241. The predicted molar refractivity (Wildman–Crippen MR) is 60.1 cm³/mol. The van der Waals surface area contributed by atoms with E-state index in [0.29, 0.717) is 4.90 Å². The van der Waals surface area contributed by atoms with Gasteiger partial charge in [-0.25, -0.2) is 0 Å². The van der Waals surface area contributed by atoms with Crippen molar-refractivity contribution >= 4 is 29.4 Å². The van der Waals surface area contributed by atoms with Crippen LogP contribution in [-0.4, -0.2) is 31.2 Å². The molecular formula is C9H10BF3NOS-. The van der Waals surface area contributed by atoms with Crippen molar-refractivity contribution < 1.29 is 17.7 Å². The third-order valence-corrected chi connectivity index (χ3v) is 2.88. The molecule has 0 aromatic heterocycles. The highest BCUT2D eigenvalue weighted by molar-refractivity contribution is 8.13. The van der Waals surface area contributed by atoms with E-state index >= 15 is 0 Å². The van der Waals surface area contributed by atoms with Gasteiger partial charge in [0.05, 0.1) is 0 Å². The van der Waals surface area contributed by atoms with E-state index in [0.717, 1.165) is 23.9 Å². The van der Waals surface area contributed by atoms with E-state index in [9.17, 15) is 17.7 Å². The summed E-state index contributed by atoms with van der Waals surface area (Å²) in [6.45, 7) is -4.96. The summed E-state index contributed by atoms with van der Waals surface area (Å²) in [6.07, 6.45) is 0. The lowest BCUT2D eigenvalue weighted by atomic mass is 9.80. The number of benzene rings is 1. The zero-order chi connectivity index (χ0) is 12.3. The molecule has 0 unspecified atom stereocenters. The summed E-state index contributed by atoms with van der Waals surface area (Å²) < 4.78 is 36.9. The summed E-state index contributed by atoms with van der Waals surface area (Å²) in [7, 11) is 3.17. The number of rotatable bonds is 2. The highest BCUT2D eigenvalue weighted by Crippen LogP contribution is 2.20. The molecule has 1 rings (SSSR count). The Hall–Kier alpha value is -1.11. The minimum atomic E-state index is -4.96. The van der Waals surface area contributed by atoms with Gasteiger partial charge in [-0.1, -0.05) is 24.3 Å². The van der Waals surface area contributed by atoms with Crippen LogP contribution in [0.15, 0.2) is 29.2 Å². The van der Waals surface area contributed by atoms with Gasteiger partial charge in [0.1, 0.15) is 0 Å². The Morgan fingerprint density at radius 1 is 1.19 bits per heavy atom. The van der Waals surface area contributed by atoms with Crippen molar-refractivity contribution in [2.24, 2.45) is 0 Å². The van der Waals surface area contributed by atoms with Gasteiger partial charge in [0, 0.05) is 19.0 Å². The summed E-state index contributed by atoms with van der Waals surface area (Å²) in [5.41, 5.74) is -0.651. The molecule has 0 atom stereocenters. The van der Waals surface area contributed by atoms with Crippen molar-refractivity contribution in [2.45, 2.75) is 4.90 Å². The first kappa shape index (κ1) is 13.0. The van der Waals surface area contributed by atoms with E-state index in [2.05, 4.69) is 0 Å². The number of amides is 1. The standard InChI is InChI=1S/C9H10BF3NOS/c1-14(2)9(15)16-8-5-3-7(4-6-8)10(11,12)13/h3-6H,1-2H3/q-1. The first-order valence-electron chi connectivity index (χ1n) is 4.50. The SMILES string of the molecule is CN(C)C(=O)Sc1ccc([B-](F)(F)F)cc1. The Morgan fingerprint density at radius 2 is 1.69 bits per heavy atom. The number of nitrogens with zero attached hydrogens (tertiary/aromatic N) is 1. The molecule has 7 heteroatoms. The predicted octanol–water partition coefficient (Wildman–Crippen LogP) is 2.51.